The number of para-hydroxylation sites is 1. The number of nitrogens with two attached hydrogens (primary N) is 1. The van der Waals surface area contributed by atoms with E-state index in [1.807, 2.05) is 18.2 Å². The zero-order valence-corrected chi connectivity index (χ0v) is 14.0. The fourth-order valence-electron chi connectivity index (χ4n) is 3.06. The maximum atomic E-state index is 11.9. The van der Waals surface area contributed by atoms with Gasteiger partial charge in [-0.2, -0.15) is 0 Å². The van der Waals surface area contributed by atoms with E-state index in [4.69, 9.17) is 10.6 Å². The summed E-state index contributed by atoms with van der Waals surface area (Å²) >= 11 is 0. The number of anilines is 1. The summed E-state index contributed by atoms with van der Waals surface area (Å²) in [5.41, 5.74) is 6.56. The minimum atomic E-state index is -0.587. The highest BCUT2D eigenvalue weighted by Gasteiger charge is 2.25. The van der Waals surface area contributed by atoms with Gasteiger partial charge in [0.1, 0.15) is 5.71 Å². The fourth-order valence-corrected chi connectivity index (χ4v) is 3.06. The van der Waals surface area contributed by atoms with Gasteiger partial charge in [-0.15, -0.1) is 0 Å². The lowest BCUT2D eigenvalue weighted by Gasteiger charge is -2.19. The molecule has 3 amide bonds. The Bertz CT molecular complexity index is 649. The molecule has 2 aliphatic heterocycles. The predicted octanol–water partition coefficient (Wildman–Crippen LogP) is 0.442. The molecule has 2 aliphatic rings. The molecule has 25 heavy (non-hydrogen) atoms. The molecule has 3 rings (SSSR count). The number of oxime groups is 1. The summed E-state index contributed by atoms with van der Waals surface area (Å²) in [5, 5.41) is 9.24. The molecule has 0 saturated carbocycles. The number of primary amides is 1. The van der Waals surface area contributed by atoms with E-state index in [2.05, 4.69) is 32.8 Å². The first-order chi connectivity index (χ1) is 12.1. The van der Waals surface area contributed by atoms with Crippen LogP contribution in [0.4, 0.5) is 10.5 Å². The van der Waals surface area contributed by atoms with Gasteiger partial charge >= 0.3 is 6.03 Å². The number of carbonyl (C=O) groups is 2. The maximum absolute atomic E-state index is 11.9. The van der Waals surface area contributed by atoms with Crippen LogP contribution < -0.4 is 21.3 Å². The predicted molar refractivity (Wildman–Crippen MR) is 94.3 cm³/mol. The number of hydrogen-bond acceptors (Lipinski definition) is 5. The van der Waals surface area contributed by atoms with Crippen LogP contribution in [0.1, 0.15) is 12.8 Å². The zero-order chi connectivity index (χ0) is 17.6. The molecule has 2 atom stereocenters. The Kier molecular flexibility index (Phi) is 5.37. The molecule has 1 aromatic rings. The topological polar surface area (TPSA) is 109 Å². The van der Waals surface area contributed by atoms with E-state index in [-0.39, 0.29) is 24.4 Å². The molecule has 0 bridgehead atoms. The molecule has 1 aromatic carbocycles. The number of carbonyl (C=O) groups excluding carboxylic acids is 2. The van der Waals surface area contributed by atoms with Crippen LogP contribution >= 0.6 is 0 Å². The summed E-state index contributed by atoms with van der Waals surface area (Å²) in [6, 6.07) is 10.0. The second-order valence-corrected chi connectivity index (χ2v) is 6.36. The van der Waals surface area contributed by atoms with Gasteiger partial charge in [0, 0.05) is 31.7 Å². The summed E-state index contributed by atoms with van der Waals surface area (Å²) < 4.78 is 0. The van der Waals surface area contributed by atoms with Crippen LogP contribution in [0.15, 0.2) is 35.5 Å². The molecule has 0 spiro atoms. The van der Waals surface area contributed by atoms with Crippen molar-refractivity contribution >= 4 is 23.3 Å². The summed E-state index contributed by atoms with van der Waals surface area (Å²) in [4.78, 5) is 30.3. The molecular weight excluding hydrogens is 322 g/mol. The van der Waals surface area contributed by atoms with E-state index in [1.165, 1.54) is 5.69 Å². The van der Waals surface area contributed by atoms with Gasteiger partial charge < -0.3 is 26.1 Å². The largest absolute Gasteiger partial charge is 0.390 e. The lowest BCUT2D eigenvalue weighted by Crippen LogP contribution is -2.42. The Labute approximate surface area is 146 Å². The van der Waals surface area contributed by atoms with Crippen molar-refractivity contribution < 1.29 is 14.4 Å². The van der Waals surface area contributed by atoms with Gasteiger partial charge in [0.05, 0.1) is 6.54 Å². The van der Waals surface area contributed by atoms with E-state index in [0.717, 1.165) is 19.5 Å². The van der Waals surface area contributed by atoms with Crippen molar-refractivity contribution in [3.05, 3.63) is 30.3 Å². The summed E-state index contributed by atoms with van der Waals surface area (Å²) in [6.07, 6.45) is 1.04. The van der Waals surface area contributed by atoms with Crippen LogP contribution in [-0.4, -0.2) is 49.9 Å². The average Bonchev–Trinajstić information content (AvgIpc) is 3.28. The molecule has 0 unspecified atom stereocenters. The molecule has 0 aliphatic carbocycles. The first-order valence-corrected chi connectivity index (χ1v) is 8.46. The van der Waals surface area contributed by atoms with Crippen molar-refractivity contribution in [3.63, 3.8) is 0 Å². The monoisotopic (exact) mass is 345 g/mol. The number of rotatable bonds is 6. The third kappa shape index (κ3) is 4.62. The highest BCUT2D eigenvalue weighted by molar-refractivity contribution is 6.38. The number of benzene rings is 1. The SMILES string of the molecule is NC(=O)C1=NO[C@@H](CNC(=O)NC[C@@H]2CCN(c3ccccc3)C2)C1. The summed E-state index contributed by atoms with van der Waals surface area (Å²) in [5.74, 6) is -0.158. The lowest BCUT2D eigenvalue weighted by molar-refractivity contribution is -0.112. The van der Waals surface area contributed by atoms with E-state index in [1.54, 1.807) is 0 Å². The van der Waals surface area contributed by atoms with Crippen LogP contribution in [0.3, 0.4) is 0 Å². The van der Waals surface area contributed by atoms with Crippen molar-refractivity contribution in [1.29, 1.82) is 0 Å². The Hall–Kier alpha value is -2.77. The van der Waals surface area contributed by atoms with Gasteiger partial charge in [-0.3, -0.25) is 4.79 Å². The van der Waals surface area contributed by atoms with E-state index < -0.39 is 5.91 Å². The third-order valence-electron chi connectivity index (χ3n) is 4.47. The Balaban J connectivity index is 1.33. The van der Waals surface area contributed by atoms with Gasteiger partial charge in [-0.05, 0) is 24.5 Å². The first-order valence-electron chi connectivity index (χ1n) is 8.46. The fraction of sp³-hybridized carbons (Fsp3) is 0.471. The molecule has 4 N–H and O–H groups in total. The molecule has 2 heterocycles. The molecule has 1 saturated heterocycles. The van der Waals surface area contributed by atoms with Gasteiger partial charge in [0.25, 0.3) is 5.91 Å². The van der Waals surface area contributed by atoms with Crippen molar-refractivity contribution in [2.75, 3.05) is 31.1 Å². The number of amides is 3. The van der Waals surface area contributed by atoms with E-state index in [9.17, 15) is 9.59 Å². The highest BCUT2D eigenvalue weighted by Crippen LogP contribution is 2.22. The van der Waals surface area contributed by atoms with Crippen LogP contribution in [0, 0.1) is 5.92 Å². The van der Waals surface area contributed by atoms with Gasteiger partial charge in [0.2, 0.25) is 0 Å². The summed E-state index contributed by atoms with van der Waals surface area (Å²) in [7, 11) is 0. The van der Waals surface area contributed by atoms with Gasteiger partial charge in [-0.1, -0.05) is 23.4 Å². The van der Waals surface area contributed by atoms with Crippen molar-refractivity contribution in [3.8, 4) is 0 Å². The molecular formula is C17H23N5O3. The van der Waals surface area contributed by atoms with Crippen LogP contribution in [0.25, 0.3) is 0 Å². The highest BCUT2D eigenvalue weighted by atomic mass is 16.6. The number of urea groups is 1. The smallest absolute Gasteiger partial charge is 0.314 e. The number of hydrogen-bond donors (Lipinski definition) is 3. The van der Waals surface area contributed by atoms with Crippen molar-refractivity contribution in [2.45, 2.75) is 18.9 Å². The van der Waals surface area contributed by atoms with Crippen molar-refractivity contribution in [1.82, 2.24) is 10.6 Å². The Morgan fingerprint density at radius 2 is 2.00 bits per heavy atom. The lowest BCUT2D eigenvalue weighted by atomic mass is 10.1. The third-order valence-corrected chi connectivity index (χ3v) is 4.47. The number of nitrogens with zero attached hydrogens (tertiary/aromatic N) is 2. The average molecular weight is 345 g/mol. The second-order valence-electron chi connectivity index (χ2n) is 6.36. The van der Waals surface area contributed by atoms with Gasteiger partial charge in [-0.25, -0.2) is 4.79 Å². The minimum Gasteiger partial charge on any atom is -0.390 e. The Morgan fingerprint density at radius 3 is 2.72 bits per heavy atom. The van der Waals surface area contributed by atoms with E-state index >= 15 is 0 Å². The molecule has 134 valence electrons. The van der Waals surface area contributed by atoms with Gasteiger partial charge in [0.15, 0.2) is 6.10 Å². The quantitative estimate of drug-likeness (QED) is 0.695. The standard InChI is InChI=1S/C17H23N5O3/c18-16(23)15-8-14(25-21-15)10-20-17(24)19-9-12-6-7-22(11-12)13-4-2-1-3-5-13/h1-5,12,14H,6-11H2,(H2,18,23)(H2,19,20,24)/t12-,14+/m0/s1. The minimum absolute atomic E-state index is 0.208. The first kappa shape index (κ1) is 17.1. The summed E-state index contributed by atoms with van der Waals surface area (Å²) in [6.45, 7) is 2.85. The van der Waals surface area contributed by atoms with Crippen molar-refractivity contribution in [2.24, 2.45) is 16.8 Å². The number of nitrogens with one attached hydrogen (secondary N) is 2. The molecule has 1 fully saturated rings. The van der Waals surface area contributed by atoms with Crippen LogP contribution in [0.5, 0.6) is 0 Å². The Morgan fingerprint density at radius 1 is 1.24 bits per heavy atom. The van der Waals surface area contributed by atoms with Crippen LogP contribution in [-0.2, 0) is 9.63 Å². The molecule has 0 radical (unpaired) electrons. The van der Waals surface area contributed by atoms with E-state index in [0.29, 0.717) is 18.9 Å². The molecule has 8 heteroatoms. The zero-order valence-electron chi connectivity index (χ0n) is 14.0. The molecule has 8 nitrogen and oxygen atoms in total. The maximum Gasteiger partial charge on any atom is 0.314 e. The molecule has 0 aromatic heterocycles. The second kappa shape index (κ2) is 7.87. The normalized spacial score (nSPS) is 22.2. The van der Waals surface area contributed by atoms with Crippen LogP contribution in [0.2, 0.25) is 0 Å².